The second-order valence-corrected chi connectivity index (χ2v) is 6.73. The molecule has 5 nitrogen and oxygen atoms in total. The lowest BCUT2D eigenvalue weighted by Crippen LogP contribution is -2.37. The van der Waals surface area contributed by atoms with Gasteiger partial charge in [-0.05, 0) is 53.4 Å². The minimum atomic E-state index is 0.621. The highest BCUT2D eigenvalue weighted by atomic mass is 16.5. The van der Waals surface area contributed by atoms with Crippen molar-refractivity contribution in [2.45, 2.75) is 52.5 Å². The minimum Gasteiger partial charge on any atom is -0.494 e. The molecule has 26 heavy (non-hydrogen) atoms. The quantitative estimate of drug-likeness (QED) is 0.319. The maximum absolute atomic E-state index is 5.68. The summed E-state index contributed by atoms with van der Waals surface area (Å²) in [5, 5.41) is 6.76. The van der Waals surface area contributed by atoms with Gasteiger partial charge in [0.25, 0.3) is 0 Å². The molecule has 0 amide bonds. The first-order valence-electron chi connectivity index (χ1n) is 10.0. The fourth-order valence-corrected chi connectivity index (χ4v) is 2.73. The van der Waals surface area contributed by atoms with E-state index in [2.05, 4.69) is 42.6 Å². The van der Waals surface area contributed by atoms with E-state index in [1.54, 1.807) is 0 Å². The van der Waals surface area contributed by atoms with E-state index in [0.29, 0.717) is 13.2 Å². The first-order chi connectivity index (χ1) is 12.7. The molecule has 5 heteroatoms. The summed E-state index contributed by atoms with van der Waals surface area (Å²) in [5.74, 6) is 1.80. The Morgan fingerprint density at radius 2 is 1.73 bits per heavy atom. The Morgan fingerprint density at radius 1 is 1.00 bits per heavy atom. The van der Waals surface area contributed by atoms with Crippen LogP contribution in [0.4, 0.5) is 0 Å². The van der Waals surface area contributed by atoms with Crippen LogP contribution in [-0.2, 0) is 6.54 Å². The molecule has 0 spiro atoms. The predicted octanol–water partition coefficient (Wildman–Crippen LogP) is 3.65. The number of nitrogens with one attached hydrogen (secondary N) is 2. The molecule has 0 aliphatic heterocycles. The van der Waals surface area contributed by atoms with Gasteiger partial charge in [-0.1, -0.05) is 37.5 Å². The van der Waals surface area contributed by atoms with Crippen LogP contribution in [0.15, 0.2) is 29.3 Å². The van der Waals surface area contributed by atoms with Gasteiger partial charge in [0, 0.05) is 18.7 Å². The summed E-state index contributed by atoms with van der Waals surface area (Å²) in [6, 6.07) is 8.11. The normalized spacial score (nSPS) is 11.7. The minimum absolute atomic E-state index is 0.621. The van der Waals surface area contributed by atoms with Crippen LogP contribution < -0.4 is 15.4 Å². The molecule has 0 heterocycles. The van der Waals surface area contributed by atoms with Gasteiger partial charge in [0.15, 0.2) is 5.96 Å². The summed E-state index contributed by atoms with van der Waals surface area (Å²) >= 11 is 0. The number of aliphatic imine (C=N–C) groups is 1. The van der Waals surface area contributed by atoms with Crippen molar-refractivity contribution in [3.8, 4) is 5.75 Å². The molecular formula is C21H38N4O. The molecule has 1 aromatic carbocycles. The van der Waals surface area contributed by atoms with Crippen molar-refractivity contribution in [1.82, 2.24) is 15.5 Å². The van der Waals surface area contributed by atoms with Gasteiger partial charge in [-0.2, -0.15) is 0 Å². The molecule has 0 saturated heterocycles. The number of hydrogen-bond donors (Lipinski definition) is 2. The van der Waals surface area contributed by atoms with E-state index in [-0.39, 0.29) is 0 Å². The Labute approximate surface area is 160 Å². The van der Waals surface area contributed by atoms with E-state index in [9.17, 15) is 0 Å². The van der Waals surface area contributed by atoms with Crippen molar-refractivity contribution in [3.63, 3.8) is 0 Å². The van der Waals surface area contributed by atoms with Crippen LogP contribution in [0.3, 0.4) is 0 Å². The van der Waals surface area contributed by atoms with Crippen LogP contribution in [0.1, 0.15) is 51.5 Å². The maximum atomic E-state index is 5.68. The Morgan fingerprint density at radius 3 is 2.46 bits per heavy atom. The first-order valence-corrected chi connectivity index (χ1v) is 10.0. The second kappa shape index (κ2) is 14.4. The number of ether oxygens (including phenoxy) is 1. The van der Waals surface area contributed by atoms with Crippen molar-refractivity contribution >= 4 is 5.96 Å². The van der Waals surface area contributed by atoms with Crippen molar-refractivity contribution in [2.75, 3.05) is 40.3 Å². The molecule has 0 aliphatic carbocycles. The van der Waals surface area contributed by atoms with E-state index < -0.39 is 0 Å². The number of benzene rings is 1. The largest absolute Gasteiger partial charge is 0.494 e. The lowest BCUT2D eigenvalue weighted by atomic mass is 10.1. The molecular weight excluding hydrogens is 324 g/mol. The Kier molecular flexibility index (Phi) is 12.4. The van der Waals surface area contributed by atoms with E-state index in [1.165, 1.54) is 38.6 Å². The average molecular weight is 363 g/mol. The van der Waals surface area contributed by atoms with E-state index in [4.69, 9.17) is 9.73 Å². The first kappa shape index (κ1) is 22.3. The average Bonchev–Trinajstić information content (AvgIpc) is 2.62. The SMILES string of the molecule is CCNC(=NCc1ccccc1OCC)NCCCCCCCN(C)C. The van der Waals surface area contributed by atoms with Gasteiger partial charge in [0.05, 0.1) is 13.2 Å². The summed E-state index contributed by atoms with van der Waals surface area (Å²) in [4.78, 5) is 6.96. The van der Waals surface area contributed by atoms with Gasteiger partial charge in [-0.15, -0.1) is 0 Å². The fraction of sp³-hybridized carbons (Fsp3) is 0.667. The Balaban J connectivity index is 2.33. The fourth-order valence-electron chi connectivity index (χ4n) is 2.73. The Hall–Kier alpha value is -1.75. The highest BCUT2D eigenvalue weighted by molar-refractivity contribution is 5.79. The topological polar surface area (TPSA) is 48.9 Å². The molecule has 1 aromatic rings. The molecule has 0 aliphatic rings. The van der Waals surface area contributed by atoms with E-state index >= 15 is 0 Å². The number of para-hydroxylation sites is 1. The third-order valence-electron chi connectivity index (χ3n) is 4.10. The summed E-state index contributed by atoms with van der Waals surface area (Å²) in [7, 11) is 4.27. The molecule has 0 saturated carbocycles. The molecule has 0 radical (unpaired) electrons. The summed E-state index contributed by atoms with van der Waals surface area (Å²) in [5.41, 5.74) is 1.12. The number of nitrogens with zero attached hydrogens (tertiary/aromatic N) is 2. The summed E-state index contributed by atoms with van der Waals surface area (Å²) in [6.45, 7) is 8.42. The van der Waals surface area contributed by atoms with Gasteiger partial charge >= 0.3 is 0 Å². The molecule has 0 fully saturated rings. The van der Waals surface area contributed by atoms with Crippen LogP contribution in [-0.4, -0.2) is 51.2 Å². The van der Waals surface area contributed by atoms with Crippen LogP contribution in [0, 0.1) is 0 Å². The van der Waals surface area contributed by atoms with Crippen molar-refractivity contribution < 1.29 is 4.74 Å². The summed E-state index contributed by atoms with van der Waals surface area (Å²) in [6.07, 6.45) is 6.38. The molecule has 0 aromatic heterocycles. The van der Waals surface area contributed by atoms with Gasteiger partial charge in [-0.3, -0.25) is 0 Å². The third-order valence-corrected chi connectivity index (χ3v) is 4.10. The number of guanidine groups is 1. The molecule has 1 rings (SSSR count). The standard InChI is InChI=1S/C21H38N4O/c1-5-22-21(23-16-12-8-7-9-13-17-25(3)4)24-18-19-14-10-11-15-20(19)26-6-2/h10-11,14-15H,5-9,12-13,16-18H2,1-4H3,(H2,22,23,24). The smallest absolute Gasteiger partial charge is 0.191 e. The van der Waals surface area contributed by atoms with Crippen molar-refractivity contribution in [2.24, 2.45) is 4.99 Å². The van der Waals surface area contributed by atoms with Gasteiger partial charge in [0.2, 0.25) is 0 Å². The highest BCUT2D eigenvalue weighted by Gasteiger charge is 2.03. The van der Waals surface area contributed by atoms with Gasteiger partial charge in [-0.25, -0.2) is 4.99 Å². The molecule has 0 unspecified atom stereocenters. The van der Waals surface area contributed by atoms with Crippen LogP contribution in [0.25, 0.3) is 0 Å². The monoisotopic (exact) mass is 362 g/mol. The maximum Gasteiger partial charge on any atom is 0.191 e. The highest BCUT2D eigenvalue weighted by Crippen LogP contribution is 2.18. The lowest BCUT2D eigenvalue weighted by molar-refractivity contribution is 0.336. The number of hydrogen-bond acceptors (Lipinski definition) is 3. The number of rotatable bonds is 13. The van der Waals surface area contributed by atoms with Crippen LogP contribution >= 0.6 is 0 Å². The van der Waals surface area contributed by atoms with Crippen LogP contribution in [0.5, 0.6) is 5.75 Å². The molecule has 2 N–H and O–H groups in total. The predicted molar refractivity (Wildman–Crippen MR) is 112 cm³/mol. The number of unbranched alkanes of at least 4 members (excludes halogenated alkanes) is 4. The van der Waals surface area contributed by atoms with Crippen molar-refractivity contribution in [3.05, 3.63) is 29.8 Å². The Bertz CT molecular complexity index is 503. The van der Waals surface area contributed by atoms with Gasteiger partial charge < -0.3 is 20.3 Å². The van der Waals surface area contributed by atoms with E-state index in [1.807, 2.05) is 25.1 Å². The zero-order valence-corrected chi connectivity index (χ0v) is 17.2. The molecule has 0 bridgehead atoms. The van der Waals surface area contributed by atoms with Crippen LogP contribution in [0.2, 0.25) is 0 Å². The zero-order chi connectivity index (χ0) is 19.0. The summed E-state index contributed by atoms with van der Waals surface area (Å²) < 4.78 is 5.68. The zero-order valence-electron chi connectivity index (χ0n) is 17.2. The molecule has 0 atom stereocenters. The molecule has 148 valence electrons. The van der Waals surface area contributed by atoms with E-state index in [0.717, 1.165) is 30.4 Å². The third kappa shape index (κ3) is 10.3. The van der Waals surface area contributed by atoms with Gasteiger partial charge in [0.1, 0.15) is 5.75 Å². The van der Waals surface area contributed by atoms with Crippen molar-refractivity contribution in [1.29, 1.82) is 0 Å². The second-order valence-electron chi connectivity index (χ2n) is 6.73. The lowest BCUT2D eigenvalue weighted by Gasteiger charge is -2.13.